The van der Waals surface area contributed by atoms with Crippen LogP contribution in [0.1, 0.15) is 28.9 Å². The Hall–Kier alpha value is -2.93. The van der Waals surface area contributed by atoms with Crippen LogP contribution in [0.5, 0.6) is 0 Å². The van der Waals surface area contributed by atoms with E-state index in [4.69, 9.17) is 5.73 Å². The maximum absolute atomic E-state index is 13.2. The van der Waals surface area contributed by atoms with E-state index in [1.807, 2.05) is 19.1 Å². The first kappa shape index (κ1) is 15.9. The van der Waals surface area contributed by atoms with Crippen molar-refractivity contribution in [1.29, 1.82) is 0 Å². The first-order valence-corrected chi connectivity index (χ1v) is 7.47. The third-order valence-corrected chi connectivity index (χ3v) is 3.92. The molecule has 0 aromatic heterocycles. The van der Waals surface area contributed by atoms with Crippen molar-refractivity contribution < 1.29 is 14.0 Å². The largest absolute Gasteiger partial charge is 0.368 e. The maximum atomic E-state index is 13.2. The van der Waals surface area contributed by atoms with Gasteiger partial charge in [0.1, 0.15) is 12.4 Å². The molecule has 1 unspecified atom stereocenters. The summed E-state index contributed by atoms with van der Waals surface area (Å²) in [5, 5.41) is 2.93. The number of nitrogens with two attached hydrogens (primary N) is 1. The SMILES string of the molecule is CC(c1ccc(F)cc1)N1NN(CC(N)=O)C(=O)c2ccccc21. The molecule has 1 atom stereocenters. The quantitative estimate of drug-likeness (QED) is 0.896. The van der Waals surface area contributed by atoms with Gasteiger partial charge in [0.05, 0.1) is 17.3 Å². The summed E-state index contributed by atoms with van der Waals surface area (Å²) in [5.41, 5.74) is 10.1. The molecule has 3 rings (SSSR count). The van der Waals surface area contributed by atoms with E-state index in [-0.39, 0.29) is 24.3 Å². The minimum Gasteiger partial charge on any atom is -0.368 e. The summed E-state index contributed by atoms with van der Waals surface area (Å²) in [6.45, 7) is 1.66. The smallest absolute Gasteiger partial charge is 0.272 e. The van der Waals surface area contributed by atoms with Gasteiger partial charge in [-0.25, -0.2) is 9.40 Å². The van der Waals surface area contributed by atoms with Crippen LogP contribution in [0.4, 0.5) is 10.1 Å². The fourth-order valence-corrected chi connectivity index (χ4v) is 2.69. The van der Waals surface area contributed by atoms with Crippen molar-refractivity contribution in [3.05, 3.63) is 65.5 Å². The van der Waals surface area contributed by atoms with Gasteiger partial charge in [-0.3, -0.25) is 14.6 Å². The van der Waals surface area contributed by atoms with E-state index in [2.05, 4.69) is 5.53 Å². The minimum atomic E-state index is -0.621. The van der Waals surface area contributed by atoms with Gasteiger partial charge in [-0.1, -0.05) is 24.3 Å². The number of para-hydroxylation sites is 1. The minimum absolute atomic E-state index is 0.213. The number of benzene rings is 2. The summed E-state index contributed by atoms with van der Waals surface area (Å²) >= 11 is 0. The molecule has 7 heteroatoms. The zero-order chi connectivity index (χ0) is 17.3. The van der Waals surface area contributed by atoms with Gasteiger partial charge in [0, 0.05) is 0 Å². The number of nitrogens with zero attached hydrogens (tertiary/aromatic N) is 2. The molecule has 0 fully saturated rings. The van der Waals surface area contributed by atoms with Gasteiger partial charge >= 0.3 is 0 Å². The molecule has 1 aliphatic heterocycles. The number of anilines is 1. The molecule has 0 aliphatic carbocycles. The first-order chi connectivity index (χ1) is 11.5. The number of halogens is 1. The number of fused-ring (bicyclic) bond motifs is 1. The zero-order valence-electron chi connectivity index (χ0n) is 13.1. The number of hydrazine groups is 2. The lowest BCUT2D eigenvalue weighted by molar-refractivity contribution is -0.119. The Bertz CT molecular complexity index is 778. The summed E-state index contributed by atoms with van der Waals surface area (Å²) < 4.78 is 13.2. The lowest BCUT2D eigenvalue weighted by Crippen LogP contribution is -2.59. The Morgan fingerprint density at radius 2 is 1.88 bits per heavy atom. The number of carbonyl (C=O) groups excluding carboxylic acids is 2. The van der Waals surface area contributed by atoms with Crippen LogP contribution in [0.15, 0.2) is 48.5 Å². The number of hydrogen-bond donors (Lipinski definition) is 2. The molecule has 2 aromatic carbocycles. The molecule has 0 saturated carbocycles. The van der Waals surface area contributed by atoms with E-state index in [1.54, 1.807) is 29.3 Å². The summed E-state index contributed by atoms with van der Waals surface area (Å²) in [6, 6.07) is 13.0. The second kappa shape index (κ2) is 6.29. The van der Waals surface area contributed by atoms with E-state index in [0.717, 1.165) is 5.56 Å². The molecule has 0 saturated heterocycles. The van der Waals surface area contributed by atoms with Gasteiger partial charge in [0.15, 0.2) is 0 Å². The molecule has 24 heavy (non-hydrogen) atoms. The third-order valence-electron chi connectivity index (χ3n) is 3.92. The lowest BCUT2D eigenvalue weighted by Gasteiger charge is -2.41. The molecule has 124 valence electrons. The molecule has 0 bridgehead atoms. The number of carbonyl (C=O) groups is 2. The highest BCUT2D eigenvalue weighted by Crippen LogP contribution is 2.31. The van der Waals surface area contributed by atoms with E-state index in [9.17, 15) is 14.0 Å². The van der Waals surface area contributed by atoms with Gasteiger partial charge in [-0.05, 0) is 36.8 Å². The van der Waals surface area contributed by atoms with Crippen LogP contribution in [-0.4, -0.2) is 23.4 Å². The predicted molar refractivity (Wildman–Crippen MR) is 87.1 cm³/mol. The molecule has 0 spiro atoms. The summed E-state index contributed by atoms with van der Waals surface area (Å²) in [4.78, 5) is 23.7. The van der Waals surface area contributed by atoms with Crippen molar-refractivity contribution in [3.63, 3.8) is 0 Å². The average molecular weight is 328 g/mol. The van der Waals surface area contributed by atoms with E-state index < -0.39 is 5.91 Å². The third kappa shape index (κ3) is 2.93. The molecule has 6 nitrogen and oxygen atoms in total. The topological polar surface area (TPSA) is 78.7 Å². The van der Waals surface area contributed by atoms with Crippen LogP contribution in [0.25, 0.3) is 0 Å². The zero-order valence-corrected chi connectivity index (χ0v) is 13.1. The number of amides is 2. The second-order valence-corrected chi connectivity index (χ2v) is 5.57. The monoisotopic (exact) mass is 328 g/mol. The van der Waals surface area contributed by atoms with E-state index in [1.165, 1.54) is 17.1 Å². The van der Waals surface area contributed by atoms with Crippen molar-refractivity contribution in [1.82, 2.24) is 10.5 Å². The molecular weight excluding hydrogens is 311 g/mol. The van der Waals surface area contributed by atoms with Crippen LogP contribution in [0.3, 0.4) is 0 Å². The highest BCUT2D eigenvalue weighted by Gasteiger charge is 2.32. The van der Waals surface area contributed by atoms with Crippen molar-refractivity contribution in [3.8, 4) is 0 Å². The van der Waals surface area contributed by atoms with Crippen LogP contribution >= 0.6 is 0 Å². The van der Waals surface area contributed by atoms with Gasteiger partial charge in [-0.15, -0.1) is 5.53 Å². The summed E-state index contributed by atoms with van der Waals surface area (Å²) in [6.07, 6.45) is 0. The standard InChI is InChI=1S/C17H17FN4O2/c1-11(12-6-8-13(18)9-7-12)22-15-5-3-2-4-14(15)17(24)21(20-22)10-16(19)23/h2-9,11,20H,10H2,1H3,(H2,19,23). The summed E-state index contributed by atoms with van der Waals surface area (Å²) in [5.74, 6) is -1.26. The fourth-order valence-electron chi connectivity index (χ4n) is 2.69. The lowest BCUT2D eigenvalue weighted by atomic mass is 10.0. The Morgan fingerprint density at radius 3 is 2.54 bits per heavy atom. The molecule has 0 radical (unpaired) electrons. The molecular formula is C17H17FN4O2. The van der Waals surface area contributed by atoms with Crippen LogP contribution in [0.2, 0.25) is 0 Å². The van der Waals surface area contributed by atoms with Gasteiger partial charge < -0.3 is 5.73 Å². The Morgan fingerprint density at radius 1 is 1.21 bits per heavy atom. The first-order valence-electron chi connectivity index (χ1n) is 7.47. The van der Waals surface area contributed by atoms with Crippen LogP contribution < -0.4 is 16.3 Å². The van der Waals surface area contributed by atoms with Crippen LogP contribution in [-0.2, 0) is 4.79 Å². The number of primary amides is 1. The van der Waals surface area contributed by atoms with Crippen molar-refractivity contribution in [2.24, 2.45) is 5.73 Å². The van der Waals surface area contributed by atoms with E-state index in [0.29, 0.717) is 11.3 Å². The van der Waals surface area contributed by atoms with Gasteiger partial charge in [-0.2, -0.15) is 0 Å². The van der Waals surface area contributed by atoms with Crippen molar-refractivity contribution in [2.45, 2.75) is 13.0 Å². The molecule has 3 N–H and O–H groups in total. The number of rotatable bonds is 4. The Labute approximate surface area is 138 Å². The molecule has 2 amide bonds. The number of hydrogen-bond acceptors (Lipinski definition) is 4. The number of nitrogens with one attached hydrogen (secondary N) is 1. The average Bonchev–Trinajstić information content (AvgIpc) is 2.57. The Kier molecular flexibility index (Phi) is 4.18. The molecule has 2 aromatic rings. The molecule has 1 aliphatic rings. The van der Waals surface area contributed by atoms with E-state index >= 15 is 0 Å². The van der Waals surface area contributed by atoms with Crippen molar-refractivity contribution in [2.75, 3.05) is 11.6 Å². The second-order valence-electron chi connectivity index (χ2n) is 5.57. The van der Waals surface area contributed by atoms with Crippen LogP contribution in [0, 0.1) is 5.82 Å². The predicted octanol–water partition coefficient (Wildman–Crippen LogP) is 1.75. The maximum Gasteiger partial charge on any atom is 0.272 e. The van der Waals surface area contributed by atoms with Gasteiger partial charge in [0.25, 0.3) is 5.91 Å². The fraction of sp³-hybridized carbons (Fsp3) is 0.176. The highest BCUT2D eigenvalue weighted by molar-refractivity contribution is 6.02. The van der Waals surface area contributed by atoms with Crippen molar-refractivity contribution >= 4 is 17.5 Å². The molecule has 1 heterocycles. The highest BCUT2D eigenvalue weighted by atomic mass is 19.1. The normalized spacial score (nSPS) is 15.2. The Balaban J connectivity index is 1.99. The summed E-state index contributed by atoms with van der Waals surface area (Å²) in [7, 11) is 0. The van der Waals surface area contributed by atoms with Gasteiger partial charge in [0.2, 0.25) is 5.91 Å².